The number of rotatable bonds is 7. The van der Waals surface area contributed by atoms with Crippen molar-refractivity contribution in [3.63, 3.8) is 0 Å². The number of imide groups is 1. The van der Waals surface area contributed by atoms with Crippen LogP contribution in [-0.2, 0) is 6.54 Å². The average molecular weight is 680 g/mol. The molecule has 7 nitrogen and oxygen atoms in total. The van der Waals surface area contributed by atoms with Gasteiger partial charge in [-0.3, -0.25) is 14.5 Å². The summed E-state index contributed by atoms with van der Waals surface area (Å²) in [6, 6.07) is 23.7. The Morgan fingerprint density at radius 2 is 1.34 bits per heavy atom. The molecule has 238 valence electrons. The van der Waals surface area contributed by atoms with Gasteiger partial charge in [0.05, 0.1) is 41.9 Å². The van der Waals surface area contributed by atoms with E-state index in [0.717, 1.165) is 61.3 Å². The van der Waals surface area contributed by atoms with E-state index in [1.165, 1.54) is 4.90 Å². The Hall–Kier alpha value is -3.57. The summed E-state index contributed by atoms with van der Waals surface area (Å²) < 4.78 is 9.57. The molecule has 2 aliphatic heterocycles. The van der Waals surface area contributed by atoms with Crippen LogP contribution in [0, 0.1) is 0 Å². The summed E-state index contributed by atoms with van der Waals surface area (Å²) in [5.41, 5.74) is 4.67. The summed E-state index contributed by atoms with van der Waals surface area (Å²) in [4.78, 5) is 30.7. The van der Waals surface area contributed by atoms with Crippen molar-refractivity contribution in [2.45, 2.75) is 40.5 Å². The Balaban J connectivity index is 1.41. The van der Waals surface area contributed by atoms with Gasteiger partial charge in [0.15, 0.2) is 0 Å². The number of thioether (sulfide) groups is 3. The van der Waals surface area contributed by atoms with Crippen LogP contribution in [0.3, 0.4) is 0 Å². The number of nitrogens with zero attached hydrogens (tertiary/aromatic N) is 3. The molecule has 1 fully saturated rings. The van der Waals surface area contributed by atoms with Crippen molar-refractivity contribution >= 4 is 90.7 Å². The zero-order valence-corrected chi connectivity index (χ0v) is 28.9. The summed E-state index contributed by atoms with van der Waals surface area (Å²) in [5, 5.41) is 16.7. The second-order valence-corrected chi connectivity index (χ2v) is 16.6. The number of fused-ring (bicyclic) bond motifs is 13. The standard InChI is InChI=1S/C37H33N3O4S3/c1-44-22-15-13-20(14-16-22)19-38-34(41)30-28-23-9-5-7-11-25(23)39-21-17-27(36(43,18-21)37(45-2,46-3)47-4)40-26-12-8-6-10-24(26)29(31(30)35(38)42)33(40)32(28)39/h5-16,21,27,43H,17-19H2,1-4H3. The highest BCUT2D eigenvalue weighted by atomic mass is 32.3. The second-order valence-electron chi connectivity index (χ2n) is 12.7. The zero-order chi connectivity index (χ0) is 32.4. The summed E-state index contributed by atoms with van der Waals surface area (Å²) in [5.74, 6) is 0.177. The number of aliphatic hydroxyl groups is 1. The molecule has 1 aliphatic carbocycles. The quantitative estimate of drug-likeness (QED) is 0.135. The van der Waals surface area contributed by atoms with E-state index in [1.54, 1.807) is 42.4 Å². The minimum Gasteiger partial charge on any atom is -0.497 e. The van der Waals surface area contributed by atoms with Crippen LogP contribution in [0.5, 0.6) is 5.75 Å². The van der Waals surface area contributed by atoms with Gasteiger partial charge in [-0.25, -0.2) is 0 Å². The van der Waals surface area contributed by atoms with Gasteiger partial charge in [-0.2, -0.15) is 0 Å². The maximum Gasteiger partial charge on any atom is 0.262 e. The van der Waals surface area contributed by atoms with E-state index in [-0.39, 0.29) is 30.4 Å². The normalized spacial score (nSPS) is 22.0. The highest BCUT2D eigenvalue weighted by Gasteiger charge is 2.62. The van der Waals surface area contributed by atoms with E-state index in [9.17, 15) is 14.7 Å². The third-order valence-electron chi connectivity index (χ3n) is 10.8. The highest BCUT2D eigenvalue weighted by molar-refractivity contribution is 8.33. The molecule has 6 aromatic rings. The molecule has 2 aromatic heterocycles. The van der Waals surface area contributed by atoms with Crippen molar-refractivity contribution in [2.75, 3.05) is 25.9 Å². The van der Waals surface area contributed by atoms with Crippen LogP contribution in [0.25, 0.3) is 43.6 Å². The number of ether oxygens (including phenoxy) is 1. The van der Waals surface area contributed by atoms with Crippen molar-refractivity contribution in [1.82, 2.24) is 14.0 Å². The summed E-state index contributed by atoms with van der Waals surface area (Å²) in [6.07, 6.45) is 7.60. The first-order valence-corrected chi connectivity index (χ1v) is 19.4. The summed E-state index contributed by atoms with van der Waals surface area (Å²) in [6.45, 7) is 0.166. The first kappa shape index (κ1) is 29.6. The Bertz CT molecular complexity index is 2320. The molecule has 3 atom stereocenters. The van der Waals surface area contributed by atoms with Gasteiger partial charge < -0.3 is 19.0 Å². The zero-order valence-electron chi connectivity index (χ0n) is 26.4. The third-order valence-corrected chi connectivity index (χ3v) is 16.5. The van der Waals surface area contributed by atoms with Gasteiger partial charge in [-0.05, 0) is 55.0 Å². The van der Waals surface area contributed by atoms with Crippen molar-refractivity contribution in [3.8, 4) is 5.75 Å². The monoisotopic (exact) mass is 679 g/mol. The maximum absolute atomic E-state index is 14.7. The highest BCUT2D eigenvalue weighted by Crippen LogP contribution is 2.65. The van der Waals surface area contributed by atoms with Gasteiger partial charge in [-0.15, -0.1) is 35.3 Å². The van der Waals surface area contributed by atoms with Crippen LogP contribution in [0.15, 0.2) is 72.8 Å². The molecule has 3 unspecified atom stereocenters. The molecule has 1 saturated carbocycles. The van der Waals surface area contributed by atoms with E-state index < -0.39 is 9.01 Å². The van der Waals surface area contributed by atoms with Crippen molar-refractivity contribution < 1.29 is 19.4 Å². The van der Waals surface area contributed by atoms with Crippen LogP contribution >= 0.6 is 35.3 Å². The van der Waals surface area contributed by atoms with Crippen LogP contribution < -0.4 is 4.74 Å². The number of carbonyl (C=O) groups is 2. The van der Waals surface area contributed by atoms with Gasteiger partial charge in [0.25, 0.3) is 11.8 Å². The number of aromatic nitrogens is 2. The minimum atomic E-state index is -1.07. The second kappa shape index (κ2) is 10.2. The van der Waals surface area contributed by atoms with Crippen LogP contribution in [0.4, 0.5) is 0 Å². The molecule has 10 heteroatoms. The lowest BCUT2D eigenvalue weighted by Crippen LogP contribution is -2.51. The number of methoxy groups -OCH3 is 1. The topological polar surface area (TPSA) is 76.7 Å². The number of para-hydroxylation sites is 2. The predicted molar refractivity (Wildman–Crippen MR) is 195 cm³/mol. The van der Waals surface area contributed by atoms with Crippen molar-refractivity contribution in [3.05, 3.63) is 89.5 Å². The minimum absolute atomic E-state index is 0.000691. The lowest BCUT2D eigenvalue weighted by Gasteiger charge is -2.46. The Labute approximate surface area is 284 Å². The molecule has 3 aliphatic rings. The Kier molecular flexibility index (Phi) is 6.43. The van der Waals surface area contributed by atoms with E-state index >= 15 is 0 Å². The number of amides is 2. The largest absolute Gasteiger partial charge is 0.497 e. The molecule has 1 N–H and O–H groups in total. The molecule has 2 bridgehead atoms. The van der Waals surface area contributed by atoms with E-state index in [1.807, 2.05) is 48.5 Å². The van der Waals surface area contributed by atoms with Gasteiger partial charge in [0, 0.05) is 45.0 Å². The molecule has 0 spiro atoms. The summed E-state index contributed by atoms with van der Waals surface area (Å²) in [7, 11) is 1.62. The first-order valence-electron chi connectivity index (χ1n) is 15.7. The molecule has 4 heterocycles. The fourth-order valence-corrected chi connectivity index (χ4v) is 12.7. The maximum atomic E-state index is 14.7. The number of hydrogen-bond donors (Lipinski definition) is 1. The molecule has 0 radical (unpaired) electrons. The van der Waals surface area contributed by atoms with Gasteiger partial charge in [0.1, 0.15) is 14.8 Å². The van der Waals surface area contributed by atoms with E-state index in [0.29, 0.717) is 17.5 Å². The fourth-order valence-electron chi connectivity index (χ4n) is 8.95. The van der Waals surface area contributed by atoms with E-state index in [2.05, 4.69) is 52.2 Å². The van der Waals surface area contributed by atoms with Crippen LogP contribution in [0.1, 0.15) is 51.2 Å². The predicted octanol–water partition coefficient (Wildman–Crippen LogP) is 8.07. The van der Waals surface area contributed by atoms with Gasteiger partial charge in [-0.1, -0.05) is 48.5 Å². The van der Waals surface area contributed by atoms with Gasteiger partial charge in [0.2, 0.25) is 0 Å². The van der Waals surface area contributed by atoms with Crippen LogP contribution in [0.2, 0.25) is 0 Å². The Morgan fingerprint density at radius 3 is 1.89 bits per heavy atom. The number of carbonyl (C=O) groups excluding carboxylic acids is 2. The van der Waals surface area contributed by atoms with Crippen LogP contribution in [-0.4, -0.2) is 65.8 Å². The number of hydrogen-bond acceptors (Lipinski definition) is 7. The van der Waals surface area contributed by atoms with Crippen molar-refractivity contribution in [1.29, 1.82) is 0 Å². The molecule has 4 aromatic carbocycles. The first-order chi connectivity index (χ1) is 22.8. The lowest BCUT2D eigenvalue weighted by molar-refractivity contribution is 0.0176. The lowest BCUT2D eigenvalue weighted by atomic mass is 9.95. The number of benzene rings is 4. The SMILES string of the molecule is COc1ccc(CN2C(=O)c3c(c4c5ccccc5n5c4c4c3c3ccccc3n4C3CC5C(O)(C(SC)(SC)SC)C3)C2=O)cc1. The molecule has 9 rings (SSSR count). The molecule has 2 amide bonds. The van der Waals surface area contributed by atoms with Gasteiger partial charge >= 0.3 is 0 Å². The fraction of sp³-hybridized carbons (Fsp3) is 0.297. The average Bonchev–Trinajstić information content (AvgIpc) is 3.77. The third kappa shape index (κ3) is 3.57. The molecule has 0 saturated heterocycles. The molecule has 47 heavy (non-hydrogen) atoms. The molecular formula is C37H33N3O4S3. The Morgan fingerprint density at radius 1 is 0.809 bits per heavy atom. The summed E-state index contributed by atoms with van der Waals surface area (Å²) >= 11 is 5.13. The smallest absolute Gasteiger partial charge is 0.262 e. The molecular weight excluding hydrogens is 647 g/mol. The van der Waals surface area contributed by atoms with E-state index in [4.69, 9.17) is 4.74 Å². The van der Waals surface area contributed by atoms with Crippen molar-refractivity contribution in [2.24, 2.45) is 0 Å².